The summed E-state index contributed by atoms with van der Waals surface area (Å²) < 4.78 is 69.9. The van der Waals surface area contributed by atoms with Crippen molar-refractivity contribution >= 4 is 31.0 Å². The lowest BCUT2D eigenvalue weighted by Gasteiger charge is -2.20. The summed E-state index contributed by atoms with van der Waals surface area (Å²) in [6.45, 7) is 4.30. The number of hydrogen-bond acceptors (Lipinski definition) is 4. The molecule has 2 rings (SSSR count). The van der Waals surface area contributed by atoms with E-state index in [0.717, 1.165) is 69.8 Å². The van der Waals surface area contributed by atoms with Crippen LogP contribution in [-0.2, 0) is 33.1 Å². The molecular formula is C26H40O6S2. The second-order valence-electron chi connectivity index (χ2n) is 9.15. The van der Waals surface area contributed by atoms with Crippen molar-refractivity contribution < 1.29 is 25.9 Å². The molecule has 0 aliphatic heterocycles. The predicted molar refractivity (Wildman–Crippen MR) is 138 cm³/mol. The molecule has 0 aliphatic rings. The smallest absolute Gasteiger partial charge is 0.282 e. The van der Waals surface area contributed by atoms with Crippen LogP contribution in [0.25, 0.3) is 10.8 Å². The Kier molecular flexibility index (Phi) is 11.5. The van der Waals surface area contributed by atoms with Crippen molar-refractivity contribution in [1.29, 1.82) is 0 Å². The first-order valence-electron chi connectivity index (χ1n) is 12.6. The van der Waals surface area contributed by atoms with Gasteiger partial charge in [0.1, 0.15) is 9.79 Å². The first-order valence-corrected chi connectivity index (χ1v) is 15.5. The third-order valence-electron chi connectivity index (χ3n) is 6.42. The number of fused-ring (bicyclic) bond motifs is 1. The molecule has 8 heteroatoms. The molecule has 2 N–H and O–H groups in total. The molecule has 0 saturated carbocycles. The van der Waals surface area contributed by atoms with E-state index in [-0.39, 0.29) is 5.39 Å². The van der Waals surface area contributed by atoms with Gasteiger partial charge in [-0.25, -0.2) is 0 Å². The van der Waals surface area contributed by atoms with Gasteiger partial charge in [-0.15, -0.1) is 0 Å². The molecule has 0 fully saturated rings. The Morgan fingerprint density at radius 3 is 1.44 bits per heavy atom. The quantitative estimate of drug-likeness (QED) is 0.183. The Balaban J connectivity index is 2.57. The summed E-state index contributed by atoms with van der Waals surface area (Å²) in [6.07, 6.45) is 13.3. The summed E-state index contributed by atoms with van der Waals surface area (Å²) in [5.41, 5.74) is 1.09. The molecule has 192 valence electrons. The van der Waals surface area contributed by atoms with Crippen LogP contribution in [0, 0.1) is 0 Å². The average molecular weight is 513 g/mol. The Bertz CT molecular complexity index is 1140. The molecule has 0 heterocycles. The standard InChI is InChI=1S/C26H40O6S2/c1-3-5-7-9-11-13-17-21-22-18-15-16-20-24(22)26(34(30,31)32)25(33(27,28)29)23(21)19-14-12-10-8-6-4-2/h15-16,18,20H,3-14,17,19H2,1-2H3,(H,27,28,29)(H,30,31,32). The van der Waals surface area contributed by atoms with Crippen molar-refractivity contribution in [3.8, 4) is 0 Å². The van der Waals surface area contributed by atoms with Gasteiger partial charge in [-0.05, 0) is 42.2 Å². The largest absolute Gasteiger partial charge is 0.296 e. The summed E-state index contributed by atoms with van der Waals surface area (Å²) in [5, 5.41) is 0.752. The van der Waals surface area contributed by atoms with Gasteiger partial charge in [-0.2, -0.15) is 16.8 Å². The summed E-state index contributed by atoms with van der Waals surface area (Å²) in [5.74, 6) is 0. The molecule has 0 saturated heterocycles. The van der Waals surface area contributed by atoms with Gasteiger partial charge in [0, 0.05) is 5.39 Å². The molecule has 2 aromatic carbocycles. The summed E-state index contributed by atoms with van der Waals surface area (Å²) in [7, 11) is -9.79. The highest BCUT2D eigenvalue weighted by molar-refractivity contribution is 7.89. The zero-order chi connectivity index (χ0) is 25.2. The van der Waals surface area contributed by atoms with Crippen molar-refractivity contribution in [3.05, 3.63) is 35.4 Å². The molecular weight excluding hydrogens is 472 g/mol. The van der Waals surface area contributed by atoms with Gasteiger partial charge in [-0.3, -0.25) is 9.11 Å². The zero-order valence-corrected chi connectivity index (χ0v) is 22.2. The number of rotatable bonds is 16. The fourth-order valence-electron chi connectivity index (χ4n) is 4.75. The maximum Gasteiger partial charge on any atom is 0.296 e. The fourth-order valence-corrected chi connectivity index (χ4v) is 7.07. The van der Waals surface area contributed by atoms with Gasteiger partial charge in [0.2, 0.25) is 0 Å². The van der Waals surface area contributed by atoms with E-state index in [4.69, 9.17) is 0 Å². The molecule has 0 unspecified atom stereocenters. The lowest BCUT2D eigenvalue weighted by atomic mass is 9.91. The van der Waals surface area contributed by atoms with Crippen molar-refractivity contribution in [2.45, 2.75) is 114 Å². The second-order valence-corrected chi connectivity index (χ2v) is 11.9. The molecule has 0 bridgehead atoms. The highest BCUT2D eigenvalue weighted by atomic mass is 32.2. The monoisotopic (exact) mass is 512 g/mol. The van der Waals surface area contributed by atoms with Crippen LogP contribution in [0.15, 0.2) is 34.1 Å². The van der Waals surface area contributed by atoms with Crippen molar-refractivity contribution in [2.24, 2.45) is 0 Å². The molecule has 2 aromatic rings. The Morgan fingerprint density at radius 2 is 0.971 bits per heavy atom. The van der Waals surface area contributed by atoms with Gasteiger partial charge >= 0.3 is 0 Å². The predicted octanol–water partition coefficient (Wildman–Crippen LogP) is 7.14. The Hall–Kier alpha value is -1.48. The van der Waals surface area contributed by atoms with Gasteiger partial charge < -0.3 is 0 Å². The molecule has 0 amide bonds. The maximum atomic E-state index is 12.5. The van der Waals surface area contributed by atoms with Crippen LogP contribution in [0.4, 0.5) is 0 Å². The number of aryl methyl sites for hydroxylation is 1. The number of hydrogen-bond donors (Lipinski definition) is 2. The van der Waals surface area contributed by atoms with Crippen molar-refractivity contribution in [3.63, 3.8) is 0 Å². The highest BCUT2D eigenvalue weighted by Gasteiger charge is 2.32. The van der Waals surface area contributed by atoms with Crippen LogP contribution in [0.2, 0.25) is 0 Å². The number of unbranched alkanes of at least 4 members (excludes halogenated alkanes) is 10. The van der Waals surface area contributed by atoms with Crippen LogP contribution in [0.3, 0.4) is 0 Å². The van der Waals surface area contributed by atoms with Gasteiger partial charge in [0.15, 0.2) is 0 Å². The third kappa shape index (κ3) is 8.04. The van der Waals surface area contributed by atoms with E-state index in [9.17, 15) is 25.9 Å². The van der Waals surface area contributed by atoms with Crippen molar-refractivity contribution in [1.82, 2.24) is 0 Å². The van der Waals surface area contributed by atoms with Gasteiger partial charge in [0.05, 0.1) is 0 Å². The SMILES string of the molecule is CCCCCCCCc1c(S(=O)(=O)O)c(S(=O)(=O)O)c2ccccc2c1CCCCCCCC. The van der Waals surface area contributed by atoms with E-state index in [1.54, 1.807) is 18.2 Å². The Morgan fingerprint density at radius 1 is 0.559 bits per heavy atom. The van der Waals surface area contributed by atoms with E-state index < -0.39 is 30.0 Å². The molecule has 34 heavy (non-hydrogen) atoms. The van der Waals surface area contributed by atoms with Gasteiger partial charge in [0.25, 0.3) is 20.2 Å². The minimum absolute atomic E-state index is 0.130. The van der Waals surface area contributed by atoms with E-state index in [0.29, 0.717) is 30.2 Å². The maximum absolute atomic E-state index is 12.5. The van der Waals surface area contributed by atoms with Crippen molar-refractivity contribution in [2.75, 3.05) is 0 Å². The first kappa shape index (κ1) is 28.8. The fraction of sp³-hybridized carbons (Fsp3) is 0.615. The molecule has 0 aliphatic carbocycles. The topological polar surface area (TPSA) is 109 Å². The molecule has 0 aromatic heterocycles. The Labute approximate surface area is 205 Å². The summed E-state index contributed by atoms with van der Waals surface area (Å²) in [4.78, 5) is -1.36. The van der Waals surface area contributed by atoms with E-state index >= 15 is 0 Å². The second kappa shape index (κ2) is 13.6. The van der Waals surface area contributed by atoms with E-state index in [1.807, 2.05) is 0 Å². The van der Waals surface area contributed by atoms with Gasteiger partial charge in [-0.1, -0.05) is 102 Å². The van der Waals surface area contributed by atoms with Crippen LogP contribution >= 0.6 is 0 Å². The molecule has 6 nitrogen and oxygen atoms in total. The lowest BCUT2D eigenvalue weighted by molar-refractivity contribution is 0.465. The van der Waals surface area contributed by atoms with Crippen LogP contribution in [0.5, 0.6) is 0 Å². The van der Waals surface area contributed by atoms with Crippen LogP contribution in [0.1, 0.15) is 102 Å². The van der Waals surface area contributed by atoms with E-state index in [2.05, 4.69) is 13.8 Å². The molecule has 0 spiro atoms. The minimum Gasteiger partial charge on any atom is -0.282 e. The first-order chi connectivity index (χ1) is 16.1. The summed E-state index contributed by atoms with van der Waals surface area (Å²) >= 11 is 0. The third-order valence-corrected chi connectivity index (χ3v) is 8.45. The average Bonchev–Trinajstić information content (AvgIpc) is 2.76. The highest BCUT2D eigenvalue weighted by Crippen LogP contribution is 2.38. The number of benzene rings is 2. The summed E-state index contributed by atoms with van der Waals surface area (Å²) in [6, 6.07) is 6.65. The van der Waals surface area contributed by atoms with Crippen LogP contribution < -0.4 is 0 Å². The molecule has 0 radical (unpaired) electrons. The lowest BCUT2D eigenvalue weighted by Crippen LogP contribution is -2.15. The van der Waals surface area contributed by atoms with Crippen LogP contribution in [-0.4, -0.2) is 25.9 Å². The normalized spacial score (nSPS) is 12.5. The van der Waals surface area contributed by atoms with E-state index in [1.165, 1.54) is 12.5 Å². The minimum atomic E-state index is -4.90. The molecule has 0 atom stereocenters. The zero-order valence-electron chi connectivity index (χ0n) is 20.6.